The van der Waals surface area contributed by atoms with Crippen molar-refractivity contribution in [2.45, 2.75) is 156 Å². The molecule has 48 heavy (non-hydrogen) atoms. The Morgan fingerprint density at radius 3 is 2.21 bits per heavy atom. The number of nitrogens with one attached hydrogen (secondary N) is 2. The molecule has 0 spiro atoms. The van der Waals surface area contributed by atoms with Crippen molar-refractivity contribution in [3.63, 3.8) is 0 Å². The lowest BCUT2D eigenvalue weighted by Gasteiger charge is -2.64. The molecule has 3 saturated carbocycles. The van der Waals surface area contributed by atoms with Crippen LogP contribution in [-0.2, 0) is 33.1 Å². The highest BCUT2D eigenvalue weighted by Gasteiger charge is 2.67. The third kappa shape index (κ3) is 8.42. The number of esters is 1. The molecule has 272 valence electrons. The van der Waals surface area contributed by atoms with E-state index in [1.807, 2.05) is 13.8 Å². The van der Waals surface area contributed by atoms with Crippen molar-refractivity contribution in [2.24, 2.45) is 29.1 Å². The molecule has 12 nitrogen and oxygen atoms in total. The molecular weight excluding hydrogens is 617 g/mol. The minimum Gasteiger partial charge on any atom is -0.467 e. The van der Waals surface area contributed by atoms with Gasteiger partial charge in [0.05, 0.1) is 24.9 Å². The zero-order valence-electron chi connectivity index (χ0n) is 31.3. The Morgan fingerprint density at radius 1 is 1.00 bits per heavy atom. The number of ether oxygens (including phenoxy) is 3. The van der Waals surface area contributed by atoms with Gasteiger partial charge in [0.25, 0.3) is 0 Å². The van der Waals surface area contributed by atoms with Gasteiger partial charge in [-0.15, -0.1) is 0 Å². The van der Waals surface area contributed by atoms with E-state index >= 15 is 0 Å². The predicted octanol–water partition coefficient (Wildman–Crippen LogP) is 5.33. The average Bonchev–Trinajstić information content (AvgIpc) is 3.46. The van der Waals surface area contributed by atoms with Crippen LogP contribution in [0.15, 0.2) is 0 Å². The zero-order valence-corrected chi connectivity index (χ0v) is 31.3. The number of hydrogen-bond donors (Lipinski definition) is 2. The quantitative estimate of drug-likeness (QED) is 0.178. The van der Waals surface area contributed by atoms with Crippen molar-refractivity contribution >= 4 is 31.2 Å². The second-order valence-corrected chi connectivity index (χ2v) is 17.5. The van der Waals surface area contributed by atoms with Crippen LogP contribution in [0.2, 0.25) is 6.32 Å². The van der Waals surface area contributed by atoms with Crippen LogP contribution >= 0.6 is 0 Å². The lowest BCUT2D eigenvalue weighted by atomic mass is 9.43. The third-order valence-electron chi connectivity index (χ3n) is 10.7. The Labute approximate surface area is 287 Å². The summed E-state index contributed by atoms with van der Waals surface area (Å²) < 4.78 is 29.4. The van der Waals surface area contributed by atoms with Gasteiger partial charge in [-0.25, -0.2) is 14.4 Å². The first-order valence-corrected chi connectivity index (χ1v) is 17.8. The topological polar surface area (TPSA) is 142 Å². The van der Waals surface area contributed by atoms with E-state index in [0.29, 0.717) is 37.4 Å². The standard InChI is InChI=1S/C35H60BN3O9/c1-20(2)16-23(38-30(42)45-32(3,4)5)28(40)37-24-19-39(31(43)46-33(6,7)8)27(29(41)44-12)22(24)14-13-15-36-47-26-18-21-17-25(34(21,9)10)35(26,11)48-36/h20-27H,13-19H2,1-12H3,(H,37,40)(H,38,42)/t21-,22-,23+,24+,25-,26?,27+,35-/m1/s1. The van der Waals surface area contributed by atoms with Crippen molar-refractivity contribution in [3.8, 4) is 0 Å². The van der Waals surface area contributed by atoms with Crippen molar-refractivity contribution in [2.75, 3.05) is 13.7 Å². The molecule has 2 bridgehead atoms. The van der Waals surface area contributed by atoms with Crippen LogP contribution in [0.25, 0.3) is 0 Å². The van der Waals surface area contributed by atoms with Crippen LogP contribution in [0.3, 0.4) is 0 Å². The van der Waals surface area contributed by atoms with E-state index in [-0.39, 0.29) is 36.7 Å². The number of carbonyl (C=O) groups excluding carboxylic acids is 4. The van der Waals surface area contributed by atoms with Gasteiger partial charge in [0.1, 0.15) is 23.3 Å². The molecule has 2 heterocycles. The SMILES string of the molecule is COC(=O)[C@@H]1[C@H](CCCB2OC3C[C@H]4C[C@H](C4(C)C)[C@@]3(C)O2)[C@@H](NC(=O)[C@H](CC(C)C)NC(=O)OC(C)(C)C)CN1C(=O)OC(C)(C)C. The molecular formula is C35H60BN3O9. The number of hydrogen-bond acceptors (Lipinski definition) is 9. The molecule has 0 aromatic heterocycles. The van der Waals surface area contributed by atoms with E-state index in [1.54, 1.807) is 41.5 Å². The summed E-state index contributed by atoms with van der Waals surface area (Å²) in [7, 11) is 0.925. The molecule has 0 aromatic carbocycles. The van der Waals surface area contributed by atoms with Crippen LogP contribution in [-0.4, -0.2) is 90.8 Å². The molecule has 5 fully saturated rings. The summed E-state index contributed by atoms with van der Waals surface area (Å²) in [6, 6.07) is -2.47. The van der Waals surface area contributed by atoms with E-state index in [2.05, 4.69) is 31.4 Å². The van der Waals surface area contributed by atoms with Crippen LogP contribution in [0, 0.1) is 29.1 Å². The smallest absolute Gasteiger partial charge is 0.457 e. The highest BCUT2D eigenvalue weighted by Crippen LogP contribution is 2.65. The monoisotopic (exact) mass is 677 g/mol. The Kier molecular flexibility index (Phi) is 11.2. The largest absolute Gasteiger partial charge is 0.467 e. The fraction of sp³-hybridized carbons (Fsp3) is 0.886. The summed E-state index contributed by atoms with van der Waals surface area (Å²) in [5, 5.41) is 5.80. The first-order chi connectivity index (χ1) is 22.1. The maximum atomic E-state index is 13.8. The summed E-state index contributed by atoms with van der Waals surface area (Å²) in [5.41, 5.74) is -1.61. The molecule has 13 heteroatoms. The van der Waals surface area contributed by atoms with Gasteiger partial charge >= 0.3 is 25.3 Å². The van der Waals surface area contributed by atoms with Gasteiger partial charge in [-0.1, -0.05) is 34.1 Å². The van der Waals surface area contributed by atoms with Crippen LogP contribution in [0.4, 0.5) is 9.59 Å². The Bertz CT molecular complexity index is 1210. The van der Waals surface area contributed by atoms with Gasteiger partial charge in [0.15, 0.2) is 0 Å². The summed E-state index contributed by atoms with van der Waals surface area (Å²) >= 11 is 0. The molecule has 2 saturated heterocycles. The molecule has 0 radical (unpaired) electrons. The highest BCUT2D eigenvalue weighted by molar-refractivity contribution is 6.45. The van der Waals surface area contributed by atoms with Crippen molar-refractivity contribution in [1.29, 1.82) is 0 Å². The van der Waals surface area contributed by atoms with E-state index in [4.69, 9.17) is 23.5 Å². The Morgan fingerprint density at radius 2 is 1.65 bits per heavy atom. The lowest BCUT2D eigenvalue weighted by Crippen LogP contribution is -2.65. The van der Waals surface area contributed by atoms with E-state index < -0.39 is 59.3 Å². The maximum absolute atomic E-state index is 13.8. The number of nitrogens with zero attached hydrogens (tertiary/aromatic N) is 1. The molecule has 1 unspecified atom stereocenters. The van der Waals surface area contributed by atoms with E-state index in [1.165, 1.54) is 18.4 Å². The normalized spacial score (nSPS) is 31.4. The Hall–Kier alpha value is -2.54. The molecule has 3 amide bonds. The molecule has 3 aliphatic carbocycles. The maximum Gasteiger partial charge on any atom is 0.457 e. The fourth-order valence-electron chi connectivity index (χ4n) is 8.39. The molecule has 2 N–H and O–H groups in total. The minimum absolute atomic E-state index is 0.0423. The van der Waals surface area contributed by atoms with E-state index in [0.717, 1.165) is 6.42 Å². The van der Waals surface area contributed by atoms with Crippen LogP contribution in [0.5, 0.6) is 0 Å². The minimum atomic E-state index is -0.976. The molecule has 8 atom stereocenters. The summed E-state index contributed by atoms with van der Waals surface area (Å²) in [5.74, 6) is -0.296. The molecule has 5 rings (SSSR count). The summed E-state index contributed by atoms with van der Waals surface area (Å²) in [6.07, 6.45) is 2.97. The van der Waals surface area contributed by atoms with Gasteiger partial charge in [-0.05, 0) is 104 Å². The van der Waals surface area contributed by atoms with Gasteiger partial charge < -0.3 is 34.2 Å². The first-order valence-electron chi connectivity index (χ1n) is 17.8. The number of rotatable bonds is 10. The van der Waals surface area contributed by atoms with Crippen molar-refractivity contribution in [1.82, 2.24) is 15.5 Å². The summed E-state index contributed by atoms with van der Waals surface area (Å²) in [4.78, 5) is 54.6. The molecule has 2 aliphatic heterocycles. The van der Waals surface area contributed by atoms with Gasteiger partial charge in [-0.2, -0.15) is 0 Å². The first kappa shape index (κ1) is 38.3. The lowest BCUT2D eigenvalue weighted by molar-refractivity contribution is -0.199. The second-order valence-electron chi connectivity index (χ2n) is 17.5. The average molecular weight is 678 g/mol. The van der Waals surface area contributed by atoms with Crippen LogP contribution < -0.4 is 10.6 Å². The number of likely N-dealkylation sites (tertiary alicyclic amines) is 1. The van der Waals surface area contributed by atoms with E-state index in [9.17, 15) is 19.2 Å². The highest BCUT2D eigenvalue weighted by atomic mass is 16.7. The third-order valence-corrected chi connectivity index (χ3v) is 10.7. The van der Waals surface area contributed by atoms with Gasteiger partial charge in [-0.3, -0.25) is 9.69 Å². The number of amides is 3. The molecule has 0 aromatic rings. The molecule has 5 aliphatic rings. The number of carbonyl (C=O) groups is 4. The Balaban J connectivity index is 1.51. The predicted molar refractivity (Wildman–Crippen MR) is 181 cm³/mol. The van der Waals surface area contributed by atoms with Gasteiger partial charge in [0.2, 0.25) is 5.91 Å². The number of methoxy groups -OCH3 is 1. The second kappa shape index (κ2) is 14.0. The van der Waals surface area contributed by atoms with Crippen LogP contribution in [0.1, 0.15) is 108 Å². The zero-order chi connectivity index (χ0) is 36.0. The van der Waals surface area contributed by atoms with Crippen molar-refractivity contribution in [3.05, 3.63) is 0 Å². The van der Waals surface area contributed by atoms with Crippen molar-refractivity contribution < 1.29 is 42.7 Å². The van der Waals surface area contributed by atoms with Gasteiger partial charge in [0, 0.05) is 12.5 Å². The fourth-order valence-corrected chi connectivity index (χ4v) is 8.39. The summed E-state index contributed by atoms with van der Waals surface area (Å²) in [6.45, 7) is 21.3. The number of alkyl carbamates (subject to hydrolysis) is 1.